The molecule has 0 amide bonds. The Morgan fingerprint density at radius 1 is 1.00 bits per heavy atom. The van der Waals surface area contributed by atoms with Crippen molar-refractivity contribution in [1.82, 2.24) is 19.9 Å². The highest BCUT2D eigenvalue weighted by atomic mass is 32.2. The SMILES string of the molecule is Nn1c(Cc2ccccc2F)nnc1SCc1csc(Cc2ccccc2)n1. The highest BCUT2D eigenvalue weighted by Gasteiger charge is 2.13. The van der Waals surface area contributed by atoms with Crippen molar-refractivity contribution in [1.29, 1.82) is 0 Å². The standard InChI is InChI=1S/C20H18FN5S2/c21-17-9-5-4-8-15(17)11-18-24-25-20(26(18)22)28-13-16-12-27-19(23-16)10-14-6-2-1-3-7-14/h1-9,12H,10-11,13,22H2. The van der Waals surface area contributed by atoms with Crippen molar-refractivity contribution in [3.63, 3.8) is 0 Å². The first-order chi connectivity index (χ1) is 13.7. The average molecular weight is 412 g/mol. The number of thioether (sulfide) groups is 1. The number of halogens is 1. The van der Waals surface area contributed by atoms with Crippen molar-refractivity contribution < 1.29 is 4.39 Å². The summed E-state index contributed by atoms with van der Waals surface area (Å²) in [5, 5.41) is 12.0. The summed E-state index contributed by atoms with van der Waals surface area (Å²) in [6.45, 7) is 0. The molecule has 0 fully saturated rings. The zero-order chi connectivity index (χ0) is 19.3. The molecular weight excluding hydrogens is 393 g/mol. The van der Waals surface area contributed by atoms with E-state index < -0.39 is 0 Å². The van der Waals surface area contributed by atoms with Crippen molar-refractivity contribution in [2.24, 2.45) is 0 Å². The van der Waals surface area contributed by atoms with E-state index >= 15 is 0 Å². The third kappa shape index (κ3) is 4.40. The van der Waals surface area contributed by atoms with Gasteiger partial charge in [-0.3, -0.25) is 0 Å². The fourth-order valence-corrected chi connectivity index (χ4v) is 4.45. The summed E-state index contributed by atoms with van der Waals surface area (Å²) in [6, 6.07) is 16.9. The van der Waals surface area contributed by atoms with E-state index in [0.717, 1.165) is 17.1 Å². The number of rotatable bonds is 7. The molecule has 4 aromatic rings. The zero-order valence-corrected chi connectivity index (χ0v) is 16.6. The third-order valence-electron chi connectivity index (χ3n) is 4.19. The van der Waals surface area contributed by atoms with Crippen LogP contribution in [0.3, 0.4) is 0 Å². The van der Waals surface area contributed by atoms with Crippen LogP contribution in [0.2, 0.25) is 0 Å². The Kier molecular flexibility index (Phi) is 5.68. The molecule has 0 radical (unpaired) electrons. The number of benzene rings is 2. The summed E-state index contributed by atoms with van der Waals surface area (Å²) < 4.78 is 15.3. The van der Waals surface area contributed by atoms with Gasteiger partial charge in [0.1, 0.15) is 5.82 Å². The maximum absolute atomic E-state index is 13.8. The van der Waals surface area contributed by atoms with Gasteiger partial charge in [-0.1, -0.05) is 60.3 Å². The lowest BCUT2D eigenvalue weighted by molar-refractivity contribution is 0.610. The summed E-state index contributed by atoms with van der Waals surface area (Å²) in [6.07, 6.45) is 1.13. The Bertz CT molecular complexity index is 1060. The number of nitrogens with two attached hydrogens (primary N) is 1. The molecule has 0 saturated heterocycles. The molecule has 0 unspecified atom stereocenters. The van der Waals surface area contributed by atoms with Crippen molar-refractivity contribution in [2.45, 2.75) is 23.8 Å². The number of nitrogens with zero attached hydrogens (tertiary/aromatic N) is 4. The van der Waals surface area contributed by atoms with Gasteiger partial charge in [0.05, 0.1) is 10.7 Å². The van der Waals surface area contributed by atoms with E-state index in [2.05, 4.69) is 32.7 Å². The number of hydrogen-bond donors (Lipinski definition) is 1. The molecular formula is C20H18FN5S2. The molecule has 2 heterocycles. The van der Waals surface area contributed by atoms with Gasteiger partial charge in [-0.15, -0.1) is 21.5 Å². The summed E-state index contributed by atoms with van der Waals surface area (Å²) in [5.41, 5.74) is 2.78. The predicted molar refractivity (Wildman–Crippen MR) is 110 cm³/mol. The molecule has 8 heteroatoms. The maximum atomic E-state index is 13.8. The van der Waals surface area contributed by atoms with Gasteiger partial charge in [-0.05, 0) is 17.2 Å². The van der Waals surface area contributed by atoms with E-state index in [-0.39, 0.29) is 5.82 Å². The largest absolute Gasteiger partial charge is 0.336 e. The second kappa shape index (κ2) is 8.53. The number of thiazole rings is 1. The number of nitrogen functional groups attached to an aromatic ring is 1. The lowest BCUT2D eigenvalue weighted by atomic mass is 10.1. The summed E-state index contributed by atoms with van der Waals surface area (Å²) >= 11 is 3.12. The van der Waals surface area contributed by atoms with E-state index in [1.54, 1.807) is 29.5 Å². The molecule has 0 saturated carbocycles. The summed E-state index contributed by atoms with van der Waals surface area (Å²) in [4.78, 5) is 4.69. The quantitative estimate of drug-likeness (QED) is 0.367. The van der Waals surface area contributed by atoms with Crippen molar-refractivity contribution in [3.8, 4) is 0 Å². The number of hydrogen-bond acceptors (Lipinski definition) is 6. The van der Waals surface area contributed by atoms with Gasteiger partial charge in [0.15, 0.2) is 5.82 Å². The van der Waals surface area contributed by atoms with E-state index in [0.29, 0.717) is 28.7 Å². The normalized spacial score (nSPS) is 11.0. The van der Waals surface area contributed by atoms with Gasteiger partial charge in [-0.2, -0.15) is 0 Å². The van der Waals surface area contributed by atoms with Crippen LogP contribution in [0.1, 0.15) is 27.7 Å². The molecule has 2 aromatic carbocycles. The van der Waals surface area contributed by atoms with E-state index in [4.69, 9.17) is 5.84 Å². The zero-order valence-electron chi connectivity index (χ0n) is 15.0. The fraction of sp³-hybridized carbons (Fsp3) is 0.150. The Morgan fingerprint density at radius 2 is 1.79 bits per heavy atom. The summed E-state index contributed by atoms with van der Waals surface area (Å²) in [5.74, 6) is 7.01. The molecule has 4 rings (SSSR count). The first-order valence-electron chi connectivity index (χ1n) is 8.72. The lowest BCUT2D eigenvalue weighted by Gasteiger charge is -2.04. The lowest BCUT2D eigenvalue weighted by Crippen LogP contribution is -2.14. The van der Waals surface area contributed by atoms with Crippen LogP contribution >= 0.6 is 23.1 Å². The van der Waals surface area contributed by atoms with Crippen LogP contribution in [-0.2, 0) is 18.6 Å². The minimum absolute atomic E-state index is 0.270. The van der Waals surface area contributed by atoms with Gasteiger partial charge in [0.2, 0.25) is 5.16 Å². The first-order valence-corrected chi connectivity index (χ1v) is 10.6. The highest BCUT2D eigenvalue weighted by molar-refractivity contribution is 7.98. The molecule has 2 N–H and O–H groups in total. The smallest absolute Gasteiger partial charge is 0.210 e. The monoisotopic (exact) mass is 411 g/mol. The molecule has 28 heavy (non-hydrogen) atoms. The molecule has 0 spiro atoms. The Balaban J connectivity index is 1.38. The van der Waals surface area contributed by atoms with Crippen LogP contribution in [0.5, 0.6) is 0 Å². The third-order valence-corrected chi connectivity index (χ3v) is 6.06. The van der Waals surface area contributed by atoms with Crippen LogP contribution in [0, 0.1) is 5.82 Å². The van der Waals surface area contributed by atoms with Gasteiger partial charge < -0.3 is 5.84 Å². The second-order valence-corrected chi connectivity index (χ2v) is 8.11. The first kappa shape index (κ1) is 18.6. The molecule has 0 bridgehead atoms. The van der Waals surface area contributed by atoms with E-state index in [1.165, 1.54) is 28.1 Å². The van der Waals surface area contributed by atoms with Crippen LogP contribution < -0.4 is 5.84 Å². The highest BCUT2D eigenvalue weighted by Crippen LogP contribution is 2.23. The number of aromatic nitrogens is 4. The van der Waals surface area contributed by atoms with Crippen LogP contribution in [0.15, 0.2) is 65.1 Å². The minimum atomic E-state index is -0.270. The van der Waals surface area contributed by atoms with Gasteiger partial charge >= 0.3 is 0 Å². The Morgan fingerprint density at radius 3 is 2.61 bits per heavy atom. The molecule has 142 valence electrons. The Labute approximate surface area is 170 Å². The Hall–Kier alpha value is -2.71. The van der Waals surface area contributed by atoms with E-state index in [1.807, 2.05) is 18.2 Å². The maximum Gasteiger partial charge on any atom is 0.210 e. The predicted octanol–water partition coefficient (Wildman–Crippen LogP) is 4.06. The van der Waals surface area contributed by atoms with Crippen molar-refractivity contribution >= 4 is 23.1 Å². The molecule has 2 aromatic heterocycles. The van der Waals surface area contributed by atoms with Gasteiger partial charge in [-0.25, -0.2) is 14.1 Å². The molecule has 0 aliphatic carbocycles. The summed E-state index contributed by atoms with van der Waals surface area (Å²) in [7, 11) is 0. The second-order valence-electron chi connectivity index (χ2n) is 6.22. The van der Waals surface area contributed by atoms with Gasteiger partial charge in [0, 0.05) is 24.0 Å². The molecule has 0 aliphatic rings. The minimum Gasteiger partial charge on any atom is -0.336 e. The molecule has 0 aliphatic heterocycles. The average Bonchev–Trinajstić information content (AvgIpc) is 3.30. The van der Waals surface area contributed by atoms with E-state index in [9.17, 15) is 4.39 Å². The fourth-order valence-electron chi connectivity index (χ4n) is 2.74. The topological polar surface area (TPSA) is 69.6 Å². The van der Waals surface area contributed by atoms with Crippen molar-refractivity contribution in [2.75, 3.05) is 5.84 Å². The van der Waals surface area contributed by atoms with Crippen molar-refractivity contribution in [3.05, 3.63) is 93.4 Å². The van der Waals surface area contributed by atoms with Gasteiger partial charge in [0.25, 0.3) is 0 Å². The van der Waals surface area contributed by atoms with Crippen LogP contribution in [-0.4, -0.2) is 19.9 Å². The van der Waals surface area contributed by atoms with Crippen LogP contribution in [0.25, 0.3) is 0 Å². The van der Waals surface area contributed by atoms with Crippen LogP contribution in [0.4, 0.5) is 4.39 Å². The molecule has 5 nitrogen and oxygen atoms in total. The molecule has 0 atom stereocenters.